The van der Waals surface area contributed by atoms with Gasteiger partial charge in [-0.3, -0.25) is 0 Å². The van der Waals surface area contributed by atoms with Crippen LogP contribution in [0.4, 0.5) is 0 Å². The van der Waals surface area contributed by atoms with E-state index in [9.17, 15) is 0 Å². The van der Waals surface area contributed by atoms with E-state index in [0.29, 0.717) is 6.42 Å². The molecular weight excluding hydrogens is 368 g/mol. The lowest BCUT2D eigenvalue weighted by molar-refractivity contribution is -0.129. The molecule has 1 aliphatic rings. The van der Waals surface area contributed by atoms with Gasteiger partial charge >= 0.3 is 0 Å². The summed E-state index contributed by atoms with van der Waals surface area (Å²) in [7, 11) is 3.39. The molecule has 1 aliphatic heterocycles. The molecular formula is C24H26O5. The molecule has 1 fully saturated rings. The van der Waals surface area contributed by atoms with E-state index in [1.54, 1.807) is 33.0 Å². The lowest BCUT2D eigenvalue weighted by atomic mass is 9.98. The molecule has 1 aromatic heterocycles. The summed E-state index contributed by atoms with van der Waals surface area (Å²) in [6.07, 6.45) is 10.8. The van der Waals surface area contributed by atoms with Crippen LogP contribution in [0.25, 0.3) is 16.8 Å². The van der Waals surface area contributed by atoms with Crippen LogP contribution >= 0.6 is 0 Å². The number of hydrogen-bond donors (Lipinski definition) is 0. The van der Waals surface area contributed by atoms with E-state index < -0.39 is 0 Å². The standard InChI is InChI=1S/C24H26O5/c1-25-22-14-18(24(26-2)21-8-4-3-7-20(21)22)13-19-16-27-15-17(19)10-12-29-23-9-5-6-11-28-23/h3-4,7-8,10,12,14-16,23H,5-6,9,11,13H2,1-2H3/b12-10+. The first-order valence-corrected chi connectivity index (χ1v) is 9.91. The molecule has 2 heterocycles. The van der Waals surface area contributed by atoms with E-state index in [0.717, 1.165) is 64.8 Å². The van der Waals surface area contributed by atoms with Gasteiger partial charge in [-0.25, -0.2) is 0 Å². The summed E-state index contributed by atoms with van der Waals surface area (Å²) in [6.45, 7) is 0.763. The first-order chi connectivity index (χ1) is 14.3. The zero-order valence-electron chi connectivity index (χ0n) is 16.9. The second-order valence-electron chi connectivity index (χ2n) is 7.08. The summed E-state index contributed by atoms with van der Waals surface area (Å²) in [5, 5.41) is 2.06. The van der Waals surface area contributed by atoms with Crippen LogP contribution in [0.5, 0.6) is 11.5 Å². The molecule has 5 heteroatoms. The number of fused-ring (bicyclic) bond motifs is 1. The third-order valence-corrected chi connectivity index (χ3v) is 5.23. The summed E-state index contributed by atoms with van der Waals surface area (Å²) >= 11 is 0. The maximum atomic E-state index is 5.76. The molecule has 1 unspecified atom stereocenters. The van der Waals surface area contributed by atoms with Crippen LogP contribution < -0.4 is 9.47 Å². The topological polar surface area (TPSA) is 50.1 Å². The van der Waals surface area contributed by atoms with Crippen molar-refractivity contribution in [3.8, 4) is 11.5 Å². The highest BCUT2D eigenvalue weighted by Crippen LogP contribution is 2.38. The molecule has 0 radical (unpaired) electrons. The molecule has 5 nitrogen and oxygen atoms in total. The van der Waals surface area contributed by atoms with E-state index in [1.165, 1.54) is 0 Å². The Morgan fingerprint density at radius 2 is 1.90 bits per heavy atom. The highest BCUT2D eigenvalue weighted by Gasteiger charge is 2.16. The number of ether oxygens (including phenoxy) is 4. The van der Waals surface area contributed by atoms with E-state index >= 15 is 0 Å². The van der Waals surface area contributed by atoms with E-state index in [1.807, 2.05) is 36.4 Å². The van der Waals surface area contributed by atoms with Gasteiger partial charge < -0.3 is 23.4 Å². The van der Waals surface area contributed by atoms with Gasteiger partial charge in [0, 0.05) is 40.3 Å². The number of rotatable bonds is 7. The number of furan rings is 1. The molecule has 3 aromatic rings. The summed E-state index contributed by atoms with van der Waals surface area (Å²) in [5.41, 5.74) is 3.05. The van der Waals surface area contributed by atoms with Gasteiger partial charge in [0.2, 0.25) is 0 Å². The monoisotopic (exact) mass is 394 g/mol. The smallest absolute Gasteiger partial charge is 0.198 e. The van der Waals surface area contributed by atoms with Crippen LogP contribution in [-0.4, -0.2) is 27.1 Å². The van der Waals surface area contributed by atoms with Crippen LogP contribution in [-0.2, 0) is 15.9 Å². The average Bonchev–Trinajstić information content (AvgIpc) is 3.20. The maximum absolute atomic E-state index is 5.76. The molecule has 0 spiro atoms. The molecule has 4 rings (SSSR count). The third-order valence-electron chi connectivity index (χ3n) is 5.23. The molecule has 0 aliphatic carbocycles. The lowest BCUT2D eigenvalue weighted by Gasteiger charge is -2.21. The van der Waals surface area contributed by atoms with Crippen molar-refractivity contribution >= 4 is 16.8 Å². The van der Waals surface area contributed by atoms with E-state index in [2.05, 4.69) is 0 Å². The average molecular weight is 394 g/mol. The van der Waals surface area contributed by atoms with Gasteiger partial charge in [-0.05, 0) is 25.0 Å². The van der Waals surface area contributed by atoms with Crippen LogP contribution in [0.15, 0.2) is 53.5 Å². The van der Waals surface area contributed by atoms with Crippen molar-refractivity contribution in [2.45, 2.75) is 32.0 Å². The van der Waals surface area contributed by atoms with Crippen molar-refractivity contribution in [2.24, 2.45) is 0 Å². The zero-order valence-corrected chi connectivity index (χ0v) is 16.9. The normalized spacial score (nSPS) is 17.0. The van der Waals surface area contributed by atoms with Crippen molar-refractivity contribution in [1.82, 2.24) is 0 Å². The first kappa shape index (κ1) is 19.4. The van der Waals surface area contributed by atoms with E-state index in [-0.39, 0.29) is 6.29 Å². The quantitative estimate of drug-likeness (QED) is 0.492. The predicted molar refractivity (Wildman–Crippen MR) is 112 cm³/mol. The van der Waals surface area contributed by atoms with Gasteiger partial charge in [0.15, 0.2) is 6.29 Å². The fourth-order valence-corrected chi connectivity index (χ4v) is 3.76. The minimum Gasteiger partial charge on any atom is -0.496 e. The van der Waals surface area contributed by atoms with Crippen LogP contribution in [0.3, 0.4) is 0 Å². The highest BCUT2D eigenvalue weighted by atomic mass is 16.7. The van der Waals surface area contributed by atoms with Crippen LogP contribution in [0, 0.1) is 0 Å². The Morgan fingerprint density at radius 3 is 2.66 bits per heavy atom. The van der Waals surface area contributed by atoms with Crippen molar-refractivity contribution in [3.63, 3.8) is 0 Å². The minimum absolute atomic E-state index is 0.153. The minimum atomic E-state index is -0.153. The number of benzene rings is 2. The first-order valence-electron chi connectivity index (χ1n) is 9.91. The second-order valence-corrected chi connectivity index (χ2v) is 7.08. The Bertz CT molecular complexity index is 982. The molecule has 0 saturated carbocycles. The fourth-order valence-electron chi connectivity index (χ4n) is 3.76. The summed E-state index contributed by atoms with van der Waals surface area (Å²) < 4.78 is 28.2. The van der Waals surface area contributed by atoms with Gasteiger partial charge in [-0.1, -0.05) is 24.3 Å². The molecule has 0 bridgehead atoms. The lowest BCUT2D eigenvalue weighted by Crippen LogP contribution is -2.19. The van der Waals surface area contributed by atoms with Crippen LogP contribution in [0.1, 0.15) is 36.0 Å². The zero-order chi connectivity index (χ0) is 20.1. The molecule has 2 aromatic carbocycles. The summed E-state index contributed by atoms with van der Waals surface area (Å²) in [6, 6.07) is 10.1. The van der Waals surface area contributed by atoms with Gasteiger partial charge in [-0.15, -0.1) is 0 Å². The third kappa shape index (κ3) is 4.25. The Hall–Kier alpha value is -2.92. The van der Waals surface area contributed by atoms with Crippen molar-refractivity contribution < 1.29 is 23.4 Å². The van der Waals surface area contributed by atoms with Crippen molar-refractivity contribution in [3.05, 3.63) is 65.8 Å². The van der Waals surface area contributed by atoms with Gasteiger partial charge in [0.1, 0.15) is 11.5 Å². The highest BCUT2D eigenvalue weighted by molar-refractivity contribution is 5.94. The van der Waals surface area contributed by atoms with Gasteiger partial charge in [0.25, 0.3) is 0 Å². The molecule has 0 amide bonds. The van der Waals surface area contributed by atoms with Gasteiger partial charge in [-0.2, -0.15) is 0 Å². The number of methoxy groups -OCH3 is 2. The summed E-state index contributed by atoms with van der Waals surface area (Å²) in [4.78, 5) is 0. The van der Waals surface area contributed by atoms with Crippen molar-refractivity contribution in [2.75, 3.05) is 20.8 Å². The molecule has 29 heavy (non-hydrogen) atoms. The predicted octanol–water partition coefficient (Wildman–Crippen LogP) is 5.55. The SMILES string of the molecule is COc1cc(Cc2cocc2/C=C/OC2CCCCO2)c(OC)c2ccccc12. The molecule has 0 N–H and O–H groups in total. The maximum Gasteiger partial charge on any atom is 0.198 e. The Kier molecular flexibility index (Phi) is 6.06. The Balaban J connectivity index is 1.58. The molecule has 1 saturated heterocycles. The summed E-state index contributed by atoms with van der Waals surface area (Å²) in [5.74, 6) is 1.68. The van der Waals surface area contributed by atoms with Gasteiger partial charge in [0.05, 0.1) is 39.6 Å². The Morgan fingerprint density at radius 1 is 1.03 bits per heavy atom. The molecule has 1 atom stereocenters. The fraction of sp³-hybridized carbons (Fsp3) is 0.333. The number of hydrogen-bond acceptors (Lipinski definition) is 5. The van der Waals surface area contributed by atoms with Crippen molar-refractivity contribution in [1.29, 1.82) is 0 Å². The largest absolute Gasteiger partial charge is 0.496 e. The Labute approximate surface area is 170 Å². The second kappa shape index (κ2) is 9.05. The van der Waals surface area contributed by atoms with Crippen LogP contribution in [0.2, 0.25) is 0 Å². The van der Waals surface area contributed by atoms with E-state index in [4.69, 9.17) is 23.4 Å². The molecule has 152 valence electrons.